The number of hydrogen-bond donors (Lipinski definition) is 0. The molecule has 1 fully saturated rings. The molecule has 0 aromatic rings. The molecular weight excluding hydrogens is 222 g/mol. The van der Waals surface area contributed by atoms with E-state index in [2.05, 4.69) is 7.05 Å². The molecule has 0 atom stereocenters. The minimum Gasteiger partial charge on any atom is -0.325 e. The molecule has 0 aromatic carbocycles. The zero-order chi connectivity index (χ0) is 12.1. The first-order valence-electron chi connectivity index (χ1n) is 6.51. The number of rotatable bonds is 6. The van der Waals surface area contributed by atoms with Gasteiger partial charge in [-0.15, -0.1) is 0 Å². The number of quaternary nitrogens is 1. The molecule has 1 saturated heterocycles. The van der Waals surface area contributed by atoms with Crippen LogP contribution in [0.2, 0.25) is 0 Å². The van der Waals surface area contributed by atoms with Gasteiger partial charge in [0.2, 0.25) is 0 Å². The Kier molecular flexibility index (Phi) is 5.25. The van der Waals surface area contributed by atoms with Crippen LogP contribution in [0.3, 0.4) is 0 Å². The highest BCUT2D eigenvalue weighted by Crippen LogP contribution is 2.16. The summed E-state index contributed by atoms with van der Waals surface area (Å²) in [7, 11) is -0.594. The summed E-state index contributed by atoms with van der Waals surface area (Å²) in [4.78, 5) is 0. The van der Waals surface area contributed by atoms with Crippen molar-refractivity contribution >= 4 is 9.84 Å². The fourth-order valence-corrected chi connectivity index (χ4v) is 3.98. The van der Waals surface area contributed by atoms with E-state index in [0.717, 1.165) is 37.0 Å². The van der Waals surface area contributed by atoms with Crippen LogP contribution < -0.4 is 0 Å². The van der Waals surface area contributed by atoms with E-state index in [-0.39, 0.29) is 0 Å². The number of nitrogens with zero attached hydrogens (tertiary/aromatic N) is 1. The average Bonchev–Trinajstić information content (AvgIpc) is 2.25. The SMILES string of the molecule is CCCCS(=O)(=O)CC[N+]1(C)CCCCC1. The van der Waals surface area contributed by atoms with Gasteiger partial charge in [-0.1, -0.05) is 13.3 Å². The number of piperidine rings is 1. The molecule has 0 aliphatic carbocycles. The predicted molar refractivity (Wildman–Crippen MR) is 68.2 cm³/mol. The molecule has 0 amide bonds. The third-order valence-corrected chi connectivity index (χ3v) is 5.36. The van der Waals surface area contributed by atoms with E-state index >= 15 is 0 Å². The standard InChI is InChI=1S/C12H26NO2S/c1-3-4-11-16(14,15)12-10-13(2)8-6-5-7-9-13/h3-12H2,1-2H3/q+1. The van der Waals surface area contributed by atoms with E-state index in [1.165, 1.54) is 19.3 Å². The van der Waals surface area contributed by atoms with Gasteiger partial charge >= 0.3 is 0 Å². The molecule has 0 N–H and O–H groups in total. The lowest BCUT2D eigenvalue weighted by Gasteiger charge is -2.37. The van der Waals surface area contributed by atoms with Crippen LogP contribution in [-0.4, -0.2) is 51.1 Å². The maximum atomic E-state index is 11.8. The maximum Gasteiger partial charge on any atom is 0.155 e. The molecule has 1 aliphatic heterocycles. The third kappa shape index (κ3) is 4.83. The Morgan fingerprint density at radius 2 is 1.69 bits per heavy atom. The van der Waals surface area contributed by atoms with E-state index in [1.54, 1.807) is 0 Å². The molecule has 0 unspecified atom stereocenters. The lowest BCUT2D eigenvalue weighted by Crippen LogP contribution is -2.50. The van der Waals surface area contributed by atoms with Crippen molar-refractivity contribution in [2.24, 2.45) is 0 Å². The van der Waals surface area contributed by atoms with Crippen molar-refractivity contribution in [3.05, 3.63) is 0 Å². The number of sulfone groups is 1. The third-order valence-electron chi connectivity index (χ3n) is 3.65. The van der Waals surface area contributed by atoms with Crippen molar-refractivity contribution in [1.29, 1.82) is 0 Å². The van der Waals surface area contributed by atoms with E-state index in [0.29, 0.717) is 11.5 Å². The van der Waals surface area contributed by atoms with Crippen molar-refractivity contribution in [2.75, 3.05) is 38.2 Å². The van der Waals surface area contributed by atoms with Crippen molar-refractivity contribution < 1.29 is 12.9 Å². The molecule has 0 aromatic heterocycles. The lowest BCUT2D eigenvalue weighted by molar-refractivity contribution is -0.911. The molecule has 1 aliphatic rings. The van der Waals surface area contributed by atoms with Crippen LogP contribution in [0.25, 0.3) is 0 Å². The van der Waals surface area contributed by atoms with Crippen LogP contribution in [0.4, 0.5) is 0 Å². The Balaban J connectivity index is 2.37. The Labute approximate surface area is 100 Å². The summed E-state index contributed by atoms with van der Waals surface area (Å²) in [6, 6.07) is 0. The van der Waals surface area contributed by atoms with Crippen molar-refractivity contribution in [3.8, 4) is 0 Å². The summed E-state index contributed by atoms with van der Waals surface area (Å²) in [5, 5.41) is 0. The number of likely N-dealkylation sites (tertiary alicyclic amines) is 1. The van der Waals surface area contributed by atoms with Gasteiger partial charge in [0.25, 0.3) is 0 Å². The molecule has 4 heteroatoms. The quantitative estimate of drug-likeness (QED) is 0.672. The summed E-state index contributed by atoms with van der Waals surface area (Å²) in [6.07, 6.45) is 5.60. The summed E-state index contributed by atoms with van der Waals surface area (Å²) in [5.74, 6) is 0.757. The molecule has 0 radical (unpaired) electrons. The second-order valence-electron chi connectivity index (χ2n) is 5.36. The summed E-state index contributed by atoms with van der Waals surface area (Å²) in [6.45, 7) is 5.16. The van der Waals surface area contributed by atoms with Crippen LogP contribution in [0, 0.1) is 0 Å². The van der Waals surface area contributed by atoms with E-state index in [9.17, 15) is 8.42 Å². The predicted octanol–water partition coefficient (Wildman–Crippen LogP) is 1.83. The van der Waals surface area contributed by atoms with Gasteiger partial charge in [0.1, 0.15) is 0 Å². The molecule has 1 heterocycles. The highest BCUT2D eigenvalue weighted by molar-refractivity contribution is 7.91. The topological polar surface area (TPSA) is 34.1 Å². The van der Waals surface area contributed by atoms with Crippen LogP contribution in [0.5, 0.6) is 0 Å². The van der Waals surface area contributed by atoms with Crippen LogP contribution in [-0.2, 0) is 9.84 Å². The van der Waals surface area contributed by atoms with Gasteiger partial charge in [-0.2, -0.15) is 0 Å². The Morgan fingerprint density at radius 1 is 1.06 bits per heavy atom. The zero-order valence-electron chi connectivity index (χ0n) is 10.7. The van der Waals surface area contributed by atoms with Crippen molar-refractivity contribution in [3.63, 3.8) is 0 Å². The van der Waals surface area contributed by atoms with Crippen molar-refractivity contribution in [1.82, 2.24) is 0 Å². The molecule has 96 valence electrons. The summed E-state index contributed by atoms with van der Waals surface area (Å²) < 4.78 is 24.5. The maximum absolute atomic E-state index is 11.8. The Hall–Kier alpha value is -0.0900. The Bertz CT molecular complexity index is 292. The zero-order valence-corrected chi connectivity index (χ0v) is 11.6. The van der Waals surface area contributed by atoms with E-state index in [4.69, 9.17) is 0 Å². The van der Waals surface area contributed by atoms with Crippen LogP contribution >= 0.6 is 0 Å². The average molecular weight is 248 g/mol. The van der Waals surface area contributed by atoms with Gasteiger partial charge < -0.3 is 4.48 Å². The smallest absolute Gasteiger partial charge is 0.155 e. The highest BCUT2D eigenvalue weighted by Gasteiger charge is 2.26. The molecular formula is C12H26NO2S+. The van der Waals surface area contributed by atoms with Gasteiger partial charge in [-0.3, -0.25) is 0 Å². The molecule has 0 spiro atoms. The highest BCUT2D eigenvalue weighted by atomic mass is 32.2. The first kappa shape index (κ1) is 14.0. The van der Waals surface area contributed by atoms with Gasteiger partial charge in [-0.25, -0.2) is 8.42 Å². The molecule has 16 heavy (non-hydrogen) atoms. The largest absolute Gasteiger partial charge is 0.325 e. The Morgan fingerprint density at radius 3 is 2.25 bits per heavy atom. The minimum atomic E-state index is -2.80. The monoisotopic (exact) mass is 248 g/mol. The van der Waals surface area contributed by atoms with Crippen LogP contribution in [0.15, 0.2) is 0 Å². The second kappa shape index (κ2) is 6.01. The van der Waals surface area contributed by atoms with Crippen molar-refractivity contribution in [2.45, 2.75) is 39.0 Å². The number of hydrogen-bond acceptors (Lipinski definition) is 2. The van der Waals surface area contributed by atoms with Crippen LogP contribution in [0.1, 0.15) is 39.0 Å². The van der Waals surface area contributed by atoms with Gasteiger partial charge in [0, 0.05) is 0 Å². The second-order valence-corrected chi connectivity index (χ2v) is 7.66. The van der Waals surface area contributed by atoms with E-state index in [1.807, 2.05) is 6.92 Å². The summed E-state index contributed by atoms with van der Waals surface area (Å²) >= 11 is 0. The van der Waals surface area contributed by atoms with Gasteiger partial charge in [0.15, 0.2) is 9.84 Å². The van der Waals surface area contributed by atoms with Gasteiger partial charge in [0.05, 0.1) is 38.2 Å². The first-order valence-corrected chi connectivity index (χ1v) is 8.34. The van der Waals surface area contributed by atoms with Gasteiger partial charge in [-0.05, 0) is 25.7 Å². The minimum absolute atomic E-state index is 0.378. The molecule has 1 rings (SSSR count). The molecule has 3 nitrogen and oxygen atoms in total. The lowest BCUT2D eigenvalue weighted by atomic mass is 10.1. The molecule has 0 bridgehead atoms. The molecule has 0 saturated carbocycles. The summed E-state index contributed by atoms with van der Waals surface area (Å²) in [5.41, 5.74) is 0. The normalized spacial score (nSPS) is 20.9. The van der Waals surface area contributed by atoms with E-state index < -0.39 is 9.84 Å². The fourth-order valence-electron chi connectivity index (χ4n) is 2.33. The number of unbranched alkanes of at least 4 members (excludes halogenated alkanes) is 1. The fraction of sp³-hybridized carbons (Fsp3) is 1.00. The first-order chi connectivity index (χ1) is 7.47.